The summed E-state index contributed by atoms with van der Waals surface area (Å²) < 4.78 is 0. The van der Waals surface area contributed by atoms with Gasteiger partial charge in [-0.25, -0.2) is 9.59 Å². The zero-order valence-corrected chi connectivity index (χ0v) is 11.7. The lowest BCUT2D eigenvalue weighted by molar-refractivity contribution is -0.131. The number of hydrogen-bond donors (Lipinski definition) is 5. The number of aromatic hydroxyl groups is 3. The first-order valence-electron chi connectivity index (χ1n) is 6.25. The van der Waals surface area contributed by atoms with Crippen LogP contribution in [0.25, 0.3) is 6.08 Å². The van der Waals surface area contributed by atoms with Crippen LogP contribution in [-0.2, 0) is 4.79 Å². The summed E-state index contributed by atoms with van der Waals surface area (Å²) in [6, 6.07) is 9.87. The molecule has 0 atom stereocenters. The van der Waals surface area contributed by atoms with Crippen molar-refractivity contribution in [3.8, 4) is 17.2 Å². The highest BCUT2D eigenvalue weighted by Gasteiger charge is 2.05. The summed E-state index contributed by atoms with van der Waals surface area (Å²) in [7, 11) is 0. The number of phenols is 3. The van der Waals surface area contributed by atoms with Gasteiger partial charge in [0.1, 0.15) is 11.3 Å². The van der Waals surface area contributed by atoms with Crippen molar-refractivity contribution in [2.24, 2.45) is 0 Å². The van der Waals surface area contributed by atoms with Crippen molar-refractivity contribution in [2.75, 3.05) is 0 Å². The van der Waals surface area contributed by atoms with Gasteiger partial charge in [-0.3, -0.25) is 0 Å². The van der Waals surface area contributed by atoms with Crippen molar-refractivity contribution >= 4 is 18.0 Å². The normalized spacial score (nSPS) is 9.91. The third-order valence-corrected chi connectivity index (χ3v) is 2.55. The van der Waals surface area contributed by atoms with Crippen molar-refractivity contribution in [3.63, 3.8) is 0 Å². The summed E-state index contributed by atoms with van der Waals surface area (Å²) in [5.41, 5.74) is 0.445. The lowest BCUT2D eigenvalue weighted by atomic mass is 10.2. The van der Waals surface area contributed by atoms with E-state index in [1.165, 1.54) is 36.4 Å². The number of phenolic OH excluding ortho intramolecular Hbond substituents is 2. The number of carbonyl (C=O) groups is 2. The lowest BCUT2D eigenvalue weighted by Crippen LogP contribution is -1.95. The highest BCUT2D eigenvalue weighted by Crippen LogP contribution is 2.25. The molecule has 0 heterocycles. The Bertz CT molecular complexity index is 735. The molecule has 0 aromatic heterocycles. The molecule has 2 rings (SSSR count). The monoisotopic (exact) mass is 318 g/mol. The Morgan fingerprint density at radius 3 is 1.96 bits per heavy atom. The second-order valence-electron chi connectivity index (χ2n) is 4.24. The molecule has 2 aromatic rings. The molecular weight excluding hydrogens is 304 g/mol. The largest absolute Gasteiger partial charge is 0.507 e. The third-order valence-electron chi connectivity index (χ3n) is 2.55. The first-order valence-corrected chi connectivity index (χ1v) is 6.25. The molecule has 0 saturated heterocycles. The van der Waals surface area contributed by atoms with Crippen LogP contribution in [0.5, 0.6) is 17.2 Å². The average molecular weight is 318 g/mol. The van der Waals surface area contributed by atoms with Crippen LogP contribution >= 0.6 is 0 Å². The van der Waals surface area contributed by atoms with Crippen LogP contribution in [-0.4, -0.2) is 37.5 Å². The zero-order valence-electron chi connectivity index (χ0n) is 11.7. The standard InChI is InChI=1S/C9H8O4.C7H6O3/c10-7-3-1-6(5-8(7)11)2-4-9(12)13;8-6-4-2-1-3-5(6)7(9)10/h1-5,10-11H,(H,12,13);1-4,8H,(H,9,10). The summed E-state index contributed by atoms with van der Waals surface area (Å²) in [5.74, 6) is -2.87. The maximum Gasteiger partial charge on any atom is 0.339 e. The van der Waals surface area contributed by atoms with Crippen LogP contribution < -0.4 is 0 Å². The van der Waals surface area contributed by atoms with Crippen LogP contribution in [0.2, 0.25) is 0 Å². The van der Waals surface area contributed by atoms with Crippen LogP contribution in [0.15, 0.2) is 48.5 Å². The minimum atomic E-state index is -1.11. The van der Waals surface area contributed by atoms with E-state index in [0.717, 1.165) is 6.08 Å². The average Bonchev–Trinajstić information content (AvgIpc) is 2.49. The van der Waals surface area contributed by atoms with Gasteiger partial charge in [-0.1, -0.05) is 18.2 Å². The van der Waals surface area contributed by atoms with Crippen molar-refractivity contribution in [2.45, 2.75) is 0 Å². The van der Waals surface area contributed by atoms with Crippen LogP contribution in [0.1, 0.15) is 15.9 Å². The fourth-order valence-corrected chi connectivity index (χ4v) is 1.47. The minimum absolute atomic E-state index is 0.0671. The predicted octanol–water partition coefficient (Wildman–Crippen LogP) is 2.29. The van der Waals surface area contributed by atoms with Crippen LogP contribution in [0.3, 0.4) is 0 Å². The third kappa shape index (κ3) is 5.80. The van der Waals surface area contributed by atoms with E-state index in [1.807, 2.05) is 0 Å². The second-order valence-corrected chi connectivity index (χ2v) is 4.24. The molecule has 0 radical (unpaired) electrons. The Morgan fingerprint density at radius 2 is 1.48 bits per heavy atom. The summed E-state index contributed by atoms with van der Waals surface area (Å²) in [6.45, 7) is 0. The topological polar surface area (TPSA) is 135 Å². The first-order chi connectivity index (χ1) is 10.8. The predicted molar refractivity (Wildman–Crippen MR) is 81.5 cm³/mol. The molecule has 23 heavy (non-hydrogen) atoms. The van der Waals surface area contributed by atoms with Gasteiger partial charge in [-0.15, -0.1) is 0 Å². The number of benzene rings is 2. The molecule has 0 aliphatic rings. The molecular formula is C16H14O7. The minimum Gasteiger partial charge on any atom is -0.507 e. The summed E-state index contributed by atoms with van der Waals surface area (Å²) >= 11 is 0. The van der Waals surface area contributed by atoms with Gasteiger partial charge in [0.2, 0.25) is 0 Å². The number of aliphatic carboxylic acids is 1. The van der Waals surface area contributed by atoms with Crippen molar-refractivity contribution in [1.82, 2.24) is 0 Å². The fraction of sp³-hybridized carbons (Fsp3) is 0. The van der Waals surface area contributed by atoms with Gasteiger partial charge < -0.3 is 25.5 Å². The van der Waals surface area contributed by atoms with Gasteiger partial charge in [-0.05, 0) is 35.9 Å². The SMILES string of the molecule is O=C(O)C=Cc1ccc(O)c(O)c1.O=C(O)c1ccccc1O. The molecule has 0 saturated carbocycles. The number of carboxylic acid groups (broad SMARTS) is 2. The molecule has 7 heteroatoms. The lowest BCUT2D eigenvalue weighted by Gasteiger charge is -1.97. The molecule has 7 nitrogen and oxygen atoms in total. The van der Waals surface area contributed by atoms with E-state index in [0.29, 0.717) is 5.56 Å². The number of para-hydroxylation sites is 1. The summed E-state index contributed by atoms with van der Waals surface area (Å²) in [6.07, 6.45) is 2.27. The maximum atomic E-state index is 10.3. The molecule has 0 bridgehead atoms. The molecule has 120 valence electrons. The number of rotatable bonds is 3. The summed E-state index contributed by atoms with van der Waals surface area (Å²) in [5, 5.41) is 43.6. The molecule has 0 aliphatic carbocycles. The Kier molecular flexibility index (Phi) is 6.17. The van der Waals surface area contributed by atoms with E-state index < -0.39 is 11.9 Å². The Balaban J connectivity index is 0.000000238. The van der Waals surface area contributed by atoms with Gasteiger partial charge >= 0.3 is 11.9 Å². The molecule has 0 aliphatic heterocycles. The zero-order chi connectivity index (χ0) is 17.4. The van der Waals surface area contributed by atoms with Crippen LogP contribution in [0.4, 0.5) is 0 Å². The van der Waals surface area contributed by atoms with Crippen molar-refractivity contribution in [1.29, 1.82) is 0 Å². The van der Waals surface area contributed by atoms with Gasteiger partial charge in [-0.2, -0.15) is 0 Å². The number of hydrogen-bond acceptors (Lipinski definition) is 5. The quantitative estimate of drug-likeness (QED) is 0.432. The van der Waals surface area contributed by atoms with Crippen molar-refractivity contribution < 1.29 is 35.1 Å². The number of carboxylic acids is 2. The molecule has 0 amide bonds. The van der Waals surface area contributed by atoms with E-state index in [1.54, 1.807) is 12.1 Å². The van der Waals surface area contributed by atoms with Gasteiger partial charge in [0, 0.05) is 6.08 Å². The molecule has 2 aromatic carbocycles. The van der Waals surface area contributed by atoms with Gasteiger partial charge in [0.15, 0.2) is 11.5 Å². The highest BCUT2D eigenvalue weighted by atomic mass is 16.4. The highest BCUT2D eigenvalue weighted by molar-refractivity contribution is 5.90. The van der Waals surface area contributed by atoms with E-state index in [2.05, 4.69) is 0 Å². The Labute approximate surface area is 131 Å². The van der Waals surface area contributed by atoms with E-state index >= 15 is 0 Å². The molecule has 5 N–H and O–H groups in total. The number of aromatic carboxylic acids is 1. The van der Waals surface area contributed by atoms with E-state index in [4.69, 9.17) is 25.5 Å². The first kappa shape index (κ1) is 17.6. The Hall–Kier alpha value is -3.48. The van der Waals surface area contributed by atoms with Crippen molar-refractivity contribution in [3.05, 3.63) is 59.7 Å². The molecule has 0 unspecified atom stereocenters. The van der Waals surface area contributed by atoms with E-state index in [-0.39, 0.29) is 22.8 Å². The second kappa shape index (κ2) is 8.08. The van der Waals surface area contributed by atoms with Crippen LogP contribution in [0, 0.1) is 0 Å². The fourth-order valence-electron chi connectivity index (χ4n) is 1.47. The smallest absolute Gasteiger partial charge is 0.339 e. The Morgan fingerprint density at radius 1 is 0.826 bits per heavy atom. The molecule has 0 fully saturated rings. The summed E-state index contributed by atoms with van der Waals surface area (Å²) in [4.78, 5) is 20.4. The maximum absolute atomic E-state index is 10.3. The van der Waals surface area contributed by atoms with E-state index in [9.17, 15) is 9.59 Å². The van der Waals surface area contributed by atoms with Gasteiger partial charge in [0.05, 0.1) is 0 Å². The van der Waals surface area contributed by atoms with Gasteiger partial charge in [0.25, 0.3) is 0 Å². The molecule has 0 spiro atoms.